The minimum Gasteiger partial charge on any atom is -0.466 e. The van der Waals surface area contributed by atoms with Gasteiger partial charge in [-0.05, 0) is 12.8 Å². The van der Waals surface area contributed by atoms with Crippen molar-refractivity contribution in [2.75, 3.05) is 6.61 Å². The van der Waals surface area contributed by atoms with E-state index in [9.17, 15) is 4.79 Å². The summed E-state index contributed by atoms with van der Waals surface area (Å²) in [6, 6.07) is 0. The van der Waals surface area contributed by atoms with Gasteiger partial charge in [-0.25, -0.2) is 0 Å². The highest BCUT2D eigenvalue weighted by Gasteiger charge is 2.03. The Morgan fingerprint density at radius 2 is 0.355 bits per heavy atom. The van der Waals surface area contributed by atoms with Crippen molar-refractivity contribution in [3.63, 3.8) is 0 Å². The molecule has 0 aromatic carbocycles. The largest absolute Gasteiger partial charge is 0.466 e. The number of ether oxygens (including phenoxy) is 1. The summed E-state index contributed by atoms with van der Waals surface area (Å²) in [6.45, 7) is 5.20. The number of carbonyl (C=O) groups excluding carboxylic acids is 1. The first-order chi connectivity index (χ1) is 30.8. The van der Waals surface area contributed by atoms with Crippen molar-refractivity contribution in [3.8, 4) is 0 Å². The van der Waals surface area contributed by atoms with Gasteiger partial charge in [0, 0.05) is 6.42 Å². The van der Waals surface area contributed by atoms with Crippen LogP contribution in [0.4, 0.5) is 0 Å². The fourth-order valence-electron chi connectivity index (χ4n) is 9.79. The van der Waals surface area contributed by atoms with Gasteiger partial charge in [0.25, 0.3) is 0 Å². The summed E-state index contributed by atoms with van der Waals surface area (Å²) in [5.41, 5.74) is 0. The number of esters is 1. The van der Waals surface area contributed by atoms with Gasteiger partial charge in [-0.2, -0.15) is 0 Å². The average Bonchev–Trinajstić information content (AvgIpc) is 3.28. The molecule has 0 rings (SSSR count). The molecule has 0 spiro atoms. The van der Waals surface area contributed by atoms with Crippen LogP contribution in [0.1, 0.15) is 373 Å². The molecule has 0 aliphatic carbocycles. The molecular formula is C60H120O2. The lowest BCUT2D eigenvalue weighted by molar-refractivity contribution is -0.143. The molecule has 0 atom stereocenters. The minimum atomic E-state index is 0.0241. The zero-order chi connectivity index (χ0) is 44.6. The molecule has 62 heavy (non-hydrogen) atoms. The number of carbonyl (C=O) groups is 1. The maximum Gasteiger partial charge on any atom is 0.305 e. The van der Waals surface area contributed by atoms with E-state index < -0.39 is 0 Å². The van der Waals surface area contributed by atoms with Crippen molar-refractivity contribution < 1.29 is 9.53 Å². The topological polar surface area (TPSA) is 26.3 Å². The van der Waals surface area contributed by atoms with E-state index in [1.165, 1.54) is 340 Å². The molecule has 0 aliphatic rings. The highest BCUT2D eigenvalue weighted by molar-refractivity contribution is 5.69. The third kappa shape index (κ3) is 57.5. The second kappa shape index (κ2) is 58.5. The molecule has 0 fully saturated rings. The fourth-order valence-corrected chi connectivity index (χ4v) is 9.79. The first-order valence-corrected chi connectivity index (χ1v) is 30.0. The van der Waals surface area contributed by atoms with E-state index in [4.69, 9.17) is 4.74 Å². The van der Waals surface area contributed by atoms with Crippen molar-refractivity contribution in [2.24, 2.45) is 0 Å². The van der Waals surface area contributed by atoms with Gasteiger partial charge >= 0.3 is 5.97 Å². The van der Waals surface area contributed by atoms with Crippen LogP contribution in [0, 0.1) is 0 Å². The quantitative estimate of drug-likeness (QED) is 0.0450. The molecule has 0 aromatic heterocycles. The molecule has 0 saturated heterocycles. The van der Waals surface area contributed by atoms with Gasteiger partial charge in [0.1, 0.15) is 0 Å². The van der Waals surface area contributed by atoms with Crippen LogP contribution in [0.15, 0.2) is 0 Å². The lowest BCUT2D eigenvalue weighted by atomic mass is 10.0. The Balaban J connectivity index is 3.09. The highest BCUT2D eigenvalue weighted by Crippen LogP contribution is 2.19. The highest BCUT2D eigenvalue weighted by atomic mass is 16.5. The van der Waals surface area contributed by atoms with Crippen LogP contribution in [-0.4, -0.2) is 12.6 Å². The SMILES string of the molecule is CCCCCCCCCCCCCCCCCCCCCCCCCCCCCCCCCCCCCCCCCCCCCCCCCCOC(=O)CCCCCCCCC. The lowest BCUT2D eigenvalue weighted by Crippen LogP contribution is -2.05. The van der Waals surface area contributed by atoms with Crippen molar-refractivity contribution in [3.05, 3.63) is 0 Å². The van der Waals surface area contributed by atoms with Crippen molar-refractivity contribution in [1.82, 2.24) is 0 Å². The summed E-state index contributed by atoms with van der Waals surface area (Å²) in [5, 5.41) is 0. The van der Waals surface area contributed by atoms with E-state index in [2.05, 4.69) is 13.8 Å². The zero-order valence-corrected chi connectivity index (χ0v) is 43.6. The monoisotopic (exact) mass is 873 g/mol. The van der Waals surface area contributed by atoms with E-state index in [1.54, 1.807) is 0 Å². The van der Waals surface area contributed by atoms with Gasteiger partial charge in [0.2, 0.25) is 0 Å². The molecule has 0 saturated carbocycles. The Morgan fingerprint density at radius 1 is 0.210 bits per heavy atom. The first-order valence-electron chi connectivity index (χ1n) is 30.0. The van der Waals surface area contributed by atoms with Crippen LogP contribution in [0.3, 0.4) is 0 Å². The molecule has 0 radical (unpaired) electrons. The van der Waals surface area contributed by atoms with Crippen molar-refractivity contribution in [2.45, 2.75) is 373 Å². The van der Waals surface area contributed by atoms with Crippen LogP contribution in [0.2, 0.25) is 0 Å². The van der Waals surface area contributed by atoms with Crippen molar-refractivity contribution >= 4 is 5.97 Å². The molecule has 2 heteroatoms. The Morgan fingerprint density at radius 3 is 0.532 bits per heavy atom. The molecule has 0 amide bonds. The standard InChI is InChI=1S/C60H120O2/c1-3-5-7-9-11-12-13-14-15-16-17-18-19-20-21-22-23-24-25-26-27-28-29-30-31-32-33-34-35-36-37-38-39-40-41-42-43-44-45-46-47-48-49-50-51-53-55-57-59-62-60(61)58-56-54-52-10-8-6-4-2/h3-59H2,1-2H3. The van der Waals surface area contributed by atoms with Crippen LogP contribution in [-0.2, 0) is 9.53 Å². The second-order valence-electron chi connectivity index (χ2n) is 20.7. The predicted molar refractivity (Wildman–Crippen MR) is 281 cm³/mol. The number of rotatable bonds is 57. The minimum absolute atomic E-state index is 0.0241. The summed E-state index contributed by atoms with van der Waals surface area (Å²) in [4.78, 5) is 11.9. The molecule has 372 valence electrons. The Bertz CT molecular complexity index is 777. The van der Waals surface area contributed by atoms with Crippen LogP contribution < -0.4 is 0 Å². The summed E-state index contributed by atoms with van der Waals surface area (Å²) < 4.78 is 5.43. The molecule has 0 bridgehead atoms. The molecule has 0 unspecified atom stereocenters. The van der Waals surface area contributed by atoms with Gasteiger partial charge in [0.05, 0.1) is 6.61 Å². The Hall–Kier alpha value is -0.530. The van der Waals surface area contributed by atoms with Gasteiger partial charge in [-0.15, -0.1) is 0 Å². The predicted octanol–water partition coefficient (Wildman–Crippen LogP) is 22.4. The molecular weight excluding hydrogens is 753 g/mol. The lowest BCUT2D eigenvalue weighted by Gasteiger charge is -2.06. The second-order valence-corrected chi connectivity index (χ2v) is 20.7. The van der Waals surface area contributed by atoms with E-state index >= 15 is 0 Å². The number of hydrogen-bond acceptors (Lipinski definition) is 2. The van der Waals surface area contributed by atoms with Crippen LogP contribution in [0.25, 0.3) is 0 Å². The van der Waals surface area contributed by atoms with Gasteiger partial charge in [0.15, 0.2) is 0 Å². The van der Waals surface area contributed by atoms with Crippen LogP contribution >= 0.6 is 0 Å². The molecule has 2 nitrogen and oxygen atoms in total. The van der Waals surface area contributed by atoms with Gasteiger partial charge in [-0.1, -0.05) is 354 Å². The maximum atomic E-state index is 11.9. The Labute approximate surface area is 394 Å². The van der Waals surface area contributed by atoms with Crippen LogP contribution in [0.5, 0.6) is 0 Å². The first kappa shape index (κ1) is 61.5. The average molecular weight is 874 g/mol. The molecule has 0 N–H and O–H groups in total. The van der Waals surface area contributed by atoms with Gasteiger partial charge in [-0.3, -0.25) is 4.79 Å². The summed E-state index contributed by atoms with van der Waals surface area (Å²) >= 11 is 0. The third-order valence-electron chi connectivity index (χ3n) is 14.2. The van der Waals surface area contributed by atoms with E-state index in [1.807, 2.05) is 0 Å². The zero-order valence-electron chi connectivity index (χ0n) is 43.6. The van der Waals surface area contributed by atoms with E-state index in [0.29, 0.717) is 13.0 Å². The number of hydrogen-bond donors (Lipinski definition) is 0. The summed E-state index contributed by atoms with van der Waals surface area (Å²) in [6.07, 6.45) is 79.1. The summed E-state index contributed by atoms with van der Waals surface area (Å²) in [7, 11) is 0. The number of unbranched alkanes of at least 4 members (excludes halogenated alkanes) is 53. The molecule has 0 heterocycles. The van der Waals surface area contributed by atoms with E-state index in [0.717, 1.165) is 12.8 Å². The maximum absolute atomic E-state index is 11.9. The normalized spacial score (nSPS) is 11.6. The fraction of sp³-hybridized carbons (Fsp3) is 0.983. The third-order valence-corrected chi connectivity index (χ3v) is 14.2. The molecule has 0 aromatic rings. The molecule has 0 aliphatic heterocycles. The smallest absolute Gasteiger partial charge is 0.305 e. The Kier molecular flexibility index (Phi) is 58.0. The summed E-state index contributed by atoms with van der Waals surface area (Å²) in [5.74, 6) is 0.0241. The van der Waals surface area contributed by atoms with E-state index in [-0.39, 0.29) is 5.97 Å². The van der Waals surface area contributed by atoms with Crippen molar-refractivity contribution in [1.29, 1.82) is 0 Å². The van der Waals surface area contributed by atoms with Gasteiger partial charge < -0.3 is 4.74 Å².